The van der Waals surface area contributed by atoms with Crippen molar-refractivity contribution in [1.82, 2.24) is 5.32 Å². The van der Waals surface area contributed by atoms with Gasteiger partial charge in [0.15, 0.2) is 0 Å². The minimum atomic E-state index is -0.631. The quantitative estimate of drug-likeness (QED) is 0.638. The van der Waals surface area contributed by atoms with Crippen LogP contribution in [0.3, 0.4) is 0 Å². The molecule has 0 aliphatic heterocycles. The van der Waals surface area contributed by atoms with Crippen LogP contribution >= 0.6 is 0 Å². The van der Waals surface area contributed by atoms with Gasteiger partial charge in [0, 0.05) is 0 Å². The van der Waals surface area contributed by atoms with Gasteiger partial charge in [0.25, 0.3) is 0 Å². The van der Waals surface area contributed by atoms with E-state index in [-0.39, 0.29) is 13.2 Å². The molecule has 1 aromatic carbocycles. The van der Waals surface area contributed by atoms with E-state index in [2.05, 4.69) is 10.1 Å². The molecule has 0 heterocycles. The summed E-state index contributed by atoms with van der Waals surface area (Å²) in [6, 6.07) is 7.05. The molecule has 0 spiro atoms. The topological polar surface area (TPSA) is 64.6 Å². The maximum absolute atomic E-state index is 11.3. The molecule has 0 aliphatic rings. The summed E-state index contributed by atoms with van der Waals surface area (Å²) in [5, 5.41) is 2.28. The van der Waals surface area contributed by atoms with Gasteiger partial charge in [-0.15, -0.1) is 0 Å². The van der Waals surface area contributed by atoms with Gasteiger partial charge < -0.3 is 14.8 Å². The van der Waals surface area contributed by atoms with Gasteiger partial charge in [0.1, 0.15) is 12.3 Å². The third-order valence-corrected chi connectivity index (χ3v) is 1.91. The number of rotatable bonds is 4. The lowest BCUT2D eigenvalue weighted by Gasteiger charge is -2.06. The first-order valence-corrected chi connectivity index (χ1v) is 5.29. The monoisotopic (exact) mass is 237 g/mol. The number of esters is 1. The van der Waals surface area contributed by atoms with E-state index in [1.165, 1.54) is 0 Å². The highest BCUT2D eigenvalue weighted by Crippen LogP contribution is 2.11. The lowest BCUT2D eigenvalue weighted by atomic mass is 10.2. The first-order valence-electron chi connectivity index (χ1n) is 5.29. The Hall–Kier alpha value is -2.04. The smallest absolute Gasteiger partial charge is 0.407 e. The maximum atomic E-state index is 11.3. The molecule has 0 bridgehead atoms. The second-order valence-corrected chi connectivity index (χ2v) is 3.36. The summed E-state index contributed by atoms with van der Waals surface area (Å²) < 4.78 is 9.59. The molecule has 0 aliphatic carbocycles. The van der Waals surface area contributed by atoms with Crippen LogP contribution in [0.25, 0.3) is 0 Å². The molecule has 92 valence electrons. The Morgan fingerprint density at radius 2 is 1.88 bits per heavy atom. The fourth-order valence-corrected chi connectivity index (χ4v) is 1.10. The predicted molar refractivity (Wildman–Crippen MR) is 61.8 cm³/mol. The largest absolute Gasteiger partial charge is 0.450 e. The number of amides is 1. The van der Waals surface area contributed by atoms with Crippen LogP contribution in [0.2, 0.25) is 0 Å². The van der Waals surface area contributed by atoms with Crippen LogP contribution in [-0.2, 0) is 9.53 Å². The molecule has 5 heteroatoms. The van der Waals surface area contributed by atoms with Gasteiger partial charge in [0.05, 0.1) is 6.61 Å². The van der Waals surface area contributed by atoms with Gasteiger partial charge in [-0.1, -0.05) is 17.7 Å². The van der Waals surface area contributed by atoms with Gasteiger partial charge >= 0.3 is 12.1 Å². The number of benzene rings is 1. The molecule has 0 saturated carbocycles. The first-order chi connectivity index (χ1) is 8.11. The molecule has 0 aromatic heterocycles. The first kappa shape index (κ1) is 13.0. The molecular formula is C12H15NO4. The Bertz CT molecular complexity index is 386. The fourth-order valence-electron chi connectivity index (χ4n) is 1.10. The lowest BCUT2D eigenvalue weighted by Crippen LogP contribution is -2.32. The minimum absolute atomic E-state index is 0.216. The van der Waals surface area contributed by atoms with Gasteiger partial charge in [-0.3, -0.25) is 0 Å². The molecule has 0 saturated heterocycles. The van der Waals surface area contributed by atoms with Crippen LogP contribution in [0.1, 0.15) is 12.5 Å². The zero-order valence-electron chi connectivity index (χ0n) is 9.86. The van der Waals surface area contributed by atoms with Crippen molar-refractivity contribution in [1.29, 1.82) is 0 Å². The summed E-state index contributed by atoms with van der Waals surface area (Å²) in [5.41, 5.74) is 1.08. The van der Waals surface area contributed by atoms with E-state index in [0.29, 0.717) is 5.75 Å². The lowest BCUT2D eigenvalue weighted by molar-refractivity contribution is -0.133. The van der Waals surface area contributed by atoms with Crippen molar-refractivity contribution in [2.24, 2.45) is 0 Å². The molecule has 1 aromatic rings. The number of carbonyl (C=O) groups is 2. The number of hydrogen-bond donors (Lipinski definition) is 1. The molecular weight excluding hydrogens is 222 g/mol. The average Bonchev–Trinajstić information content (AvgIpc) is 2.30. The van der Waals surface area contributed by atoms with E-state index in [0.717, 1.165) is 5.56 Å². The number of carbonyl (C=O) groups excluding carboxylic acids is 2. The maximum Gasteiger partial charge on any atom is 0.407 e. The zero-order valence-corrected chi connectivity index (χ0v) is 9.86. The fraction of sp³-hybridized carbons (Fsp3) is 0.333. The molecule has 0 radical (unpaired) electrons. The summed E-state index contributed by atoms with van der Waals surface area (Å²) in [4.78, 5) is 22.2. The van der Waals surface area contributed by atoms with Crippen molar-refractivity contribution in [3.05, 3.63) is 29.8 Å². The standard InChI is InChI=1S/C12H15NO4/c1-3-16-12(15)13-8-11(14)17-10-6-4-9(2)5-7-10/h4-7H,3,8H2,1-2H3,(H,13,15). The van der Waals surface area contributed by atoms with Crippen LogP contribution in [0.5, 0.6) is 5.75 Å². The Morgan fingerprint density at radius 3 is 2.47 bits per heavy atom. The van der Waals surface area contributed by atoms with Crippen molar-refractivity contribution in [3.8, 4) is 5.75 Å². The van der Waals surface area contributed by atoms with Crippen LogP contribution in [0, 0.1) is 6.92 Å². The van der Waals surface area contributed by atoms with E-state index in [1.54, 1.807) is 19.1 Å². The van der Waals surface area contributed by atoms with Crippen LogP contribution in [0.4, 0.5) is 4.79 Å². The normalized spacial score (nSPS) is 9.53. The summed E-state index contributed by atoms with van der Waals surface area (Å²) in [5.74, 6) is -0.0897. The number of hydrogen-bond acceptors (Lipinski definition) is 4. The summed E-state index contributed by atoms with van der Waals surface area (Å²) >= 11 is 0. The molecule has 1 amide bonds. The SMILES string of the molecule is CCOC(=O)NCC(=O)Oc1ccc(C)cc1. The number of aryl methyl sites for hydroxylation is 1. The van der Waals surface area contributed by atoms with Gasteiger partial charge in [0.2, 0.25) is 0 Å². The second-order valence-electron chi connectivity index (χ2n) is 3.36. The Balaban J connectivity index is 2.34. The highest BCUT2D eigenvalue weighted by Gasteiger charge is 2.07. The van der Waals surface area contributed by atoms with Crippen molar-refractivity contribution < 1.29 is 19.1 Å². The van der Waals surface area contributed by atoms with Crippen molar-refractivity contribution in [2.75, 3.05) is 13.2 Å². The van der Waals surface area contributed by atoms with E-state index in [4.69, 9.17) is 4.74 Å². The van der Waals surface area contributed by atoms with Gasteiger partial charge in [-0.25, -0.2) is 9.59 Å². The van der Waals surface area contributed by atoms with Crippen molar-refractivity contribution in [2.45, 2.75) is 13.8 Å². The van der Waals surface area contributed by atoms with E-state index in [9.17, 15) is 9.59 Å². The van der Waals surface area contributed by atoms with Crippen molar-refractivity contribution in [3.63, 3.8) is 0 Å². The highest BCUT2D eigenvalue weighted by molar-refractivity contribution is 5.79. The summed E-state index contributed by atoms with van der Waals surface area (Å²) in [6.45, 7) is 3.67. The average molecular weight is 237 g/mol. The minimum Gasteiger partial charge on any atom is -0.450 e. The third kappa shape index (κ3) is 5.01. The number of ether oxygens (including phenoxy) is 2. The van der Waals surface area contributed by atoms with Crippen LogP contribution in [-0.4, -0.2) is 25.2 Å². The summed E-state index contributed by atoms with van der Waals surface area (Å²) in [6.07, 6.45) is -0.631. The highest BCUT2D eigenvalue weighted by atomic mass is 16.6. The molecule has 0 atom stereocenters. The van der Waals surface area contributed by atoms with Crippen LogP contribution in [0.15, 0.2) is 24.3 Å². The Kier molecular flexibility index (Phi) is 5.00. The summed E-state index contributed by atoms with van der Waals surface area (Å²) in [7, 11) is 0. The third-order valence-electron chi connectivity index (χ3n) is 1.91. The molecule has 0 unspecified atom stereocenters. The van der Waals surface area contributed by atoms with E-state index >= 15 is 0 Å². The van der Waals surface area contributed by atoms with Crippen molar-refractivity contribution >= 4 is 12.1 Å². The molecule has 5 nitrogen and oxygen atoms in total. The van der Waals surface area contributed by atoms with Crippen LogP contribution < -0.4 is 10.1 Å². The molecule has 0 fully saturated rings. The van der Waals surface area contributed by atoms with Gasteiger partial charge in [-0.2, -0.15) is 0 Å². The van der Waals surface area contributed by atoms with Gasteiger partial charge in [-0.05, 0) is 26.0 Å². The molecule has 17 heavy (non-hydrogen) atoms. The number of nitrogens with one attached hydrogen (secondary N) is 1. The number of alkyl carbamates (subject to hydrolysis) is 1. The zero-order chi connectivity index (χ0) is 12.7. The Labute approximate surface area is 99.7 Å². The Morgan fingerprint density at radius 1 is 1.24 bits per heavy atom. The second kappa shape index (κ2) is 6.52. The van der Waals surface area contributed by atoms with E-state index in [1.807, 2.05) is 19.1 Å². The van der Waals surface area contributed by atoms with E-state index < -0.39 is 12.1 Å². The molecule has 1 rings (SSSR count). The molecule has 1 N–H and O–H groups in total. The predicted octanol–water partition coefficient (Wildman–Crippen LogP) is 1.65.